The summed E-state index contributed by atoms with van der Waals surface area (Å²) in [5.41, 5.74) is -0.639. The van der Waals surface area contributed by atoms with Crippen LogP contribution in [0.2, 0.25) is 0 Å². The summed E-state index contributed by atoms with van der Waals surface area (Å²) < 4.78 is 65.9. The molecular formula is C23H15BaN3O8S2. The number of rotatable bonds is 6. The normalized spacial score (nSPS) is 11.8. The monoisotopic (exact) mass is 663 g/mol. The van der Waals surface area contributed by atoms with E-state index < -0.39 is 41.7 Å². The second-order valence-electron chi connectivity index (χ2n) is 7.40. The summed E-state index contributed by atoms with van der Waals surface area (Å²) in [6.07, 6.45) is 0. The van der Waals surface area contributed by atoms with E-state index in [2.05, 4.69) is 15.5 Å². The van der Waals surface area contributed by atoms with Crippen LogP contribution >= 0.6 is 0 Å². The van der Waals surface area contributed by atoms with Gasteiger partial charge in [0.1, 0.15) is 20.7 Å². The maximum Gasteiger partial charge on any atom is 2.00 e. The van der Waals surface area contributed by atoms with Gasteiger partial charge in [-0.3, -0.25) is 9.35 Å². The Hall–Kier alpha value is -2.60. The van der Waals surface area contributed by atoms with Crippen LogP contribution in [0.3, 0.4) is 0 Å². The summed E-state index contributed by atoms with van der Waals surface area (Å²) >= 11 is 0. The summed E-state index contributed by atoms with van der Waals surface area (Å²) in [6, 6.07) is 17.5. The fourth-order valence-electron chi connectivity index (χ4n) is 3.34. The van der Waals surface area contributed by atoms with E-state index in [1.807, 2.05) is 0 Å². The first-order chi connectivity index (χ1) is 16.9. The minimum Gasteiger partial charge on any atom is -0.870 e. The maximum atomic E-state index is 13.2. The molecule has 0 aliphatic heterocycles. The zero-order valence-corrected chi connectivity index (χ0v) is 24.8. The Bertz CT molecular complexity index is 1740. The van der Waals surface area contributed by atoms with Crippen molar-refractivity contribution in [1.29, 1.82) is 0 Å². The van der Waals surface area contributed by atoms with Gasteiger partial charge in [0.25, 0.3) is 16.0 Å². The van der Waals surface area contributed by atoms with Crippen LogP contribution in [0.4, 0.5) is 17.1 Å². The first-order valence-corrected chi connectivity index (χ1v) is 12.9. The number of hydrogen-bond acceptors (Lipinski definition) is 9. The molecule has 0 heterocycles. The third-order valence-corrected chi connectivity index (χ3v) is 6.77. The summed E-state index contributed by atoms with van der Waals surface area (Å²) in [6.45, 7) is 0. The van der Waals surface area contributed by atoms with Crippen molar-refractivity contribution < 1.29 is 35.8 Å². The van der Waals surface area contributed by atoms with Crippen molar-refractivity contribution in [3.8, 4) is 5.75 Å². The van der Waals surface area contributed by atoms with E-state index in [4.69, 9.17) is 0 Å². The molecule has 0 fully saturated rings. The van der Waals surface area contributed by atoms with Crippen molar-refractivity contribution in [2.24, 2.45) is 10.2 Å². The second-order valence-corrected chi connectivity index (χ2v) is 10.2. The Kier molecular flexibility index (Phi) is 8.94. The van der Waals surface area contributed by atoms with Crippen LogP contribution in [-0.2, 0) is 20.2 Å². The number of fused-ring (bicyclic) bond motifs is 1. The van der Waals surface area contributed by atoms with Gasteiger partial charge in [0, 0.05) is 16.6 Å². The summed E-state index contributed by atoms with van der Waals surface area (Å²) in [7, 11) is -9.28. The van der Waals surface area contributed by atoms with Gasteiger partial charge in [-0.1, -0.05) is 42.1 Å². The van der Waals surface area contributed by atoms with Gasteiger partial charge in [0.2, 0.25) is 0 Å². The molecular weight excluding hydrogens is 648 g/mol. The minimum absolute atomic E-state index is 0. The molecule has 1 amide bonds. The molecule has 0 unspecified atom stereocenters. The van der Waals surface area contributed by atoms with Crippen molar-refractivity contribution >= 4 is 103 Å². The largest absolute Gasteiger partial charge is 2.00 e. The minimum atomic E-state index is -4.67. The molecule has 0 radical (unpaired) electrons. The molecule has 0 bridgehead atoms. The molecule has 0 aliphatic rings. The Balaban J connectivity index is 0.00000380. The standard InChI is InChI=1S/C23H17N3O8S2.Ba/c27-22-18(23(28)24-15-9-11-16(12-10-15)35(29,30)31)13-14-5-1-2-6-17(14)21(22)26-25-19-7-3-4-8-20(19)36(32,33)34;/h1-13,27H,(H,24,28)(H,29,30,31)(H,32,33,34);/q;+2/p-2. The Labute approximate surface area is 251 Å². The average Bonchev–Trinajstić information content (AvgIpc) is 2.82. The van der Waals surface area contributed by atoms with Gasteiger partial charge >= 0.3 is 48.9 Å². The van der Waals surface area contributed by atoms with E-state index in [1.165, 1.54) is 36.4 Å². The van der Waals surface area contributed by atoms with E-state index >= 15 is 0 Å². The van der Waals surface area contributed by atoms with Crippen LogP contribution in [0.25, 0.3) is 10.8 Å². The predicted molar refractivity (Wildman–Crippen MR) is 132 cm³/mol. The summed E-state index contributed by atoms with van der Waals surface area (Å²) in [5, 5.41) is 24.2. The van der Waals surface area contributed by atoms with Crippen molar-refractivity contribution in [2.45, 2.75) is 9.79 Å². The van der Waals surface area contributed by atoms with Crippen molar-refractivity contribution in [3.63, 3.8) is 0 Å². The van der Waals surface area contributed by atoms with Crippen LogP contribution in [0, 0.1) is 0 Å². The van der Waals surface area contributed by atoms with E-state index in [-0.39, 0.29) is 71.5 Å². The smallest absolute Gasteiger partial charge is 0.870 e. The summed E-state index contributed by atoms with van der Waals surface area (Å²) in [4.78, 5) is 11.9. The van der Waals surface area contributed by atoms with Gasteiger partial charge in [-0.05, 0) is 47.9 Å². The van der Waals surface area contributed by atoms with E-state index in [0.717, 1.165) is 18.2 Å². The number of hydrogen-bond donors (Lipinski definition) is 2. The van der Waals surface area contributed by atoms with Crippen LogP contribution in [0.15, 0.2) is 98.9 Å². The number of anilines is 1. The first-order valence-electron chi connectivity index (χ1n) is 10.0. The van der Waals surface area contributed by atoms with E-state index in [9.17, 15) is 35.8 Å². The number of nitrogens with zero attached hydrogens (tertiary/aromatic N) is 2. The third-order valence-electron chi connectivity index (χ3n) is 5.02. The molecule has 4 aromatic carbocycles. The van der Waals surface area contributed by atoms with Crippen LogP contribution in [0.1, 0.15) is 10.4 Å². The van der Waals surface area contributed by atoms with Crippen LogP contribution in [-0.4, -0.2) is 80.7 Å². The maximum absolute atomic E-state index is 13.2. The molecule has 0 saturated carbocycles. The Morgan fingerprint density at radius 3 is 2.14 bits per heavy atom. The van der Waals surface area contributed by atoms with Gasteiger partial charge in [-0.15, -0.1) is 5.11 Å². The number of carbonyl (C=O) groups is 1. The third kappa shape index (κ3) is 6.65. The topological polar surface area (TPSA) is 188 Å². The Morgan fingerprint density at radius 2 is 1.49 bits per heavy atom. The molecule has 4 rings (SSSR count). The molecule has 2 N–H and O–H groups in total. The van der Waals surface area contributed by atoms with Gasteiger partial charge in [-0.25, -0.2) is 8.42 Å². The first kappa shape index (κ1) is 29.0. The van der Waals surface area contributed by atoms with Crippen molar-refractivity contribution in [1.82, 2.24) is 0 Å². The molecule has 0 atom stereocenters. The van der Waals surface area contributed by atoms with Crippen molar-refractivity contribution in [2.75, 3.05) is 5.32 Å². The quantitative estimate of drug-likeness (QED) is 0.179. The van der Waals surface area contributed by atoms with E-state index in [0.29, 0.717) is 10.8 Å². The van der Waals surface area contributed by atoms with Gasteiger partial charge in [0.15, 0.2) is 0 Å². The van der Waals surface area contributed by atoms with E-state index in [1.54, 1.807) is 24.3 Å². The second kappa shape index (κ2) is 11.4. The molecule has 37 heavy (non-hydrogen) atoms. The van der Waals surface area contributed by atoms with Crippen molar-refractivity contribution in [3.05, 3.63) is 84.4 Å². The van der Waals surface area contributed by atoms with Crippen LogP contribution < -0.4 is 10.4 Å². The molecule has 4 aromatic rings. The van der Waals surface area contributed by atoms with Gasteiger partial charge in [0.05, 0.1) is 10.6 Å². The summed E-state index contributed by atoms with van der Waals surface area (Å²) in [5.74, 6) is -1.64. The zero-order valence-electron chi connectivity index (χ0n) is 18.7. The SMILES string of the molecule is O=C(Nc1ccc(S(=O)(=O)[O-])cc1)c1cc2ccccc2c(N=Nc2ccccc2S(=O)(=O)O)c1[O-].[Ba+2]. The molecule has 0 spiro atoms. The number of nitrogens with one attached hydrogen (secondary N) is 1. The molecule has 11 nitrogen and oxygen atoms in total. The Morgan fingerprint density at radius 1 is 0.865 bits per heavy atom. The number of benzene rings is 4. The zero-order chi connectivity index (χ0) is 26.1. The number of azo groups is 1. The average molecular weight is 663 g/mol. The molecule has 0 aliphatic carbocycles. The molecule has 14 heteroatoms. The van der Waals surface area contributed by atoms with Gasteiger partial charge in [-0.2, -0.15) is 13.5 Å². The molecule has 0 saturated heterocycles. The number of amides is 1. The van der Waals surface area contributed by atoms with Gasteiger partial charge < -0.3 is 15.0 Å². The number of carbonyl (C=O) groups excluding carboxylic acids is 1. The predicted octanol–water partition coefficient (Wildman–Crippen LogP) is 3.35. The fraction of sp³-hybridized carbons (Fsp3) is 0. The molecule has 0 aromatic heterocycles. The van der Waals surface area contributed by atoms with Crippen LogP contribution in [0.5, 0.6) is 5.75 Å². The molecule has 184 valence electrons. The fourth-order valence-corrected chi connectivity index (χ4v) is 4.44.